The van der Waals surface area contributed by atoms with Gasteiger partial charge >= 0.3 is 0 Å². The number of carbonyl (C=O) groups is 2. The van der Waals surface area contributed by atoms with Crippen molar-refractivity contribution in [2.45, 2.75) is 99.5 Å². The van der Waals surface area contributed by atoms with Crippen LogP contribution in [0.5, 0.6) is 0 Å². The molecule has 6 nitrogen and oxygen atoms in total. The van der Waals surface area contributed by atoms with Gasteiger partial charge in [-0.1, -0.05) is 54.5 Å². The molecular weight excluding hydrogens is 496 g/mol. The lowest BCUT2D eigenvalue weighted by Gasteiger charge is -2.71. The Kier molecular flexibility index (Phi) is 6.09. The number of allylic oxidation sites excluding steroid dienone is 2. The minimum Gasteiger partial charge on any atom is -0.299 e. The van der Waals surface area contributed by atoms with Gasteiger partial charge in [0, 0.05) is 23.8 Å². The number of nitriles is 1. The summed E-state index contributed by atoms with van der Waals surface area (Å²) in [5.41, 5.74) is -1.16. The molecule has 0 radical (unpaired) electrons. The Balaban J connectivity index is 1.59. The van der Waals surface area contributed by atoms with E-state index in [1.54, 1.807) is 0 Å². The summed E-state index contributed by atoms with van der Waals surface area (Å²) in [6, 6.07) is 2.06. The van der Waals surface area contributed by atoms with E-state index in [9.17, 15) is 23.3 Å². The van der Waals surface area contributed by atoms with Crippen molar-refractivity contribution in [3.63, 3.8) is 0 Å². The molecule has 0 amide bonds. The second-order valence-electron chi connectivity index (χ2n) is 15.6. The summed E-state index contributed by atoms with van der Waals surface area (Å²) in [4.78, 5) is 27.6. The molecule has 0 bridgehead atoms. The van der Waals surface area contributed by atoms with Gasteiger partial charge in [-0.05, 0) is 83.9 Å². The van der Waals surface area contributed by atoms with Crippen molar-refractivity contribution >= 4 is 21.6 Å². The molecule has 7 heteroatoms. The molecule has 5 aliphatic carbocycles. The summed E-state index contributed by atoms with van der Waals surface area (Å²) in [7, 11) is -3.35. The number of hydrogen-bond donors (Lipinski definition) is 1. The van der Waals surface area contributed by atoms with Crippen molar-refractivity contribution in [3.8, 4) is 6.07 Å². The summed E-state index contributed by atoms with van der Waals surface area (Å²) in [5, 5.41) is 9.88. The maximum Gasteiger partial charge on any atom is 0.208 e. The van der Waals surface area contributed by atoms with Crippen molar-refractivity contribution in [1.29, 1.82) is 5.26 Å². The molecule has 210 valence electrons. The number of fused-ring (bicyclic) bond motifs is 7. The van der Waals surface area contributed by atoms with E-state index < -0.39 is 20.9 Å². The highest BCUT2D eigenvalue weighted by Crippen LogP contribution is 2.74. The van der Waals surface area contributed by atoms with Gasteiger partial charge in [0.25, 0.3) is 0 Å². The topological polar surface area (TPSA) is 104 Å². The zero-order chi connectivity index (χ0) is 28.3. The molecule has 0 unspecified atom stereocenters. The van der Waals surface area contributed by atoms with Crippen LogP contribution in [0.1, 0.15) is 93.4 Å². The van der Waals surface area contributed by atoms with Gasteiger partial charge in [0.1, 0.15) is 11.9 Å². The van der Waals surface area contributed by atoms with Crippen molar-refractivity contribution in [3.05, 3.63) is 11.6 Å². The molecule has 0 aliphatic heterocycles. The second-order valence-corrected chi connectivity index (χ2v) is 17.4. The minimum absolute atomic E-state index is 0.0539. The number of nitrogens with one attached hydrogen (secondary N) is 1. The van der Waals surface area contributed by atoms with Crippen molar-refractivity contribution < 1.29 is 18.0 Å². The maximum atomic E-state index is 14.4. The Bertz CT molecular complexity index is 1260. The Labute approximate surface area is 229 Å². The molecule has 38 heavy (non-hydrogen) atoms. The van der Waals surface area contributed by atoms with Crippen LogP contribution in [0.3, 0.4) is 0 Å². The van der Waals surface area contributed by atoms with Gasteiger partial charge < -0.3 is 0 Å². The predicted molar refractivity (Wildman–Crippen MR) is 147 cm³/mol. The molecule has 9 atom stereocenters. The monoisotopic (exact) mass is 542 g/mol. The Hall–Kier alpha value is -1.52. The molecule has 0 spiro atoms. The van der Waals surface area contributed by atoms with Gasteiger partial charge in [-0.25, -0.2) is 13.1 Å². The smallest absolute Gasteiger partial charge is 0.208 e. The van der Waals surface area contributed by atoms with Crippen LogP contribution in [0.25, 0.3) is 0 Å². The Morgan fingerprint density at radius 2 is 1.55 bits per heavy atom. The molecule has 5 aliphatic rings. The van der Waals surface area contributed by atoms with Crippen LogP contribution in [0.15, 0.2) is 11.6 Å². The fourth-order valence-electron chi connectivity index (χ4n) is 11.1. The largest absolute Gasteiger partial charge is 0.299 e. The number of sulfonamides is 1. The average Bonchev–Trinajstić information content (AvgIpc) is 2.76. The third kappa shape index (κ3) is 3.75. The summed E-state index contributed by atoms with van der Waals surface area (Å²) in [6.07, 6.45) is 9.09. The normalized spacial score (nSPS) is 47.5. The number of carbonyl (C=O) groups excluding carboxylic acids is 2. The highest BCUT2D eigenvalue weighted by molar-refractivity contribution is 7.88. The lowest BCUT2D eigenvalue weighted by molar-refractivity contribution is -0.211. The number of hydrogen-bond acceptors (Lipinski definition) is 5. The molecule has 0 aromatic heterocycles. The summed E-state index contributed by atoms with van der Waals surface area (Å²) in [5.74, 6) is 0.639. The van der Waals surface area contributed by atoms with Crippen molar-refractivity contribution in [2.24, 2.45) is 56.7 Å². The zero-order valence-electron chi connectivity index (χ0n) is 24.5. The predicted octanol–water partition coefficient (Wildman–Crippen LogP) is 5.44. The average molecular weight is 543 g/mol. The fraction of sp³-hybridized carbons (Fsp3) is 0.839. The SMILES string of the molecule is CC1(C)C[C@H]2[C@H](CC[C@]3(C)[C@@H]2C(=O)C[C@@H]2[C@@]4(C)C=C(C#N)C(=O)C(C)(C)[C@@H]4CC[C@]23C)[C@H](NS(C)(=O)=O)C1. The molecule has 0 heterocycles. The minimum atomic E-state index is -3.35. The van der Waals surface area contributed by atoms with Gasteiger partial charge in [0.2, 0.25) is 10.0 Å². The lowest BCUT2D eigenvalue weighted by Crippen LogP contribution is -2.68. The quantitative estimate of drug-likeness (QED) is 0.500. The molecule has 4 fully saturated rings. The first-order valence-corrected chi connectivity index (χ1v) is 16.4. The van der Waals surface area contributed by atoms with E-state index in [0.29, 0.717) is 12.2 Å². The van der Waals surface area contributed by atoms with E-state index in [1.165, 1.54) is 6.26 Å². The number of nitrogens with zero attached hydrogens (tertiary/aromatic N) is 1. The van der Waals surface area contributed by atoms with E-state index in [1.807, 2.05) is 19.9 Å². The van der Waals surface area contributed by atoms with Gasteiger partial charge in [-0.2, -0.15) is 5.26 Å². The van der Waals surface area contributed by atoms with Crippen LogP contribution in [0.2, 0.25) is 0 Å². The van der Waals surface area contributed by atoms with Crippen LogP contribution in [-0.4, -0.2) is 32.3 Å². The van der Waals surface area contributed by atoms with Gasteiger partial charge in [0.15, 0.2) is 5.78 Å². The van der Waals surface area contributed by atoms with Crippen LogP contribution in [-0.2, 0) is 19.6 Å². The third-order valence-corrected chi connectivity index (χ3v) is 13.4. The van der Waals surface area contributed by atoms with Gasteiger partial charge in [-0.15, -0.1) is 0 Å². The Morgan fingerprint density at radius 1 is 0.921 bits per heavy atom. The van der Waals surface area contributed by atoms with Crippen LogP contribution < -0.4 is 4.72 Å². The molecule has 0 saturated heterocycles. The number of rotatable bonds is 2. The number of Topliss-reactive ketones (excluding diaryl/α,β-unsaturated/α-hetero) is 2. The molecular formula is C31H46N2O4S. The number of ketones is 2. The first kappa shape index (κ1) is 28.0. The summed E-state index contributed by atoms with van der Waals surface area (Å²) >= 11 is 0. The van der Waals surface area contributed by atoms with Crippen LogP contribution in [0, 0.1) is 68.0 Å². The van der Waals surface area contributed by atoms with E-state index in [0.717, 1.165) is 38.5 Å². The van der Waals surface area contributed by atoms with Crippen molar-refractivity contribution in [1.82, 2.24) is 4.72 Å². The molecule has 4 saturated carbocycles. The highest BCUT2D eigenvalue weighted by atomic mass is 32.2. The van der Waals surface area contributed by atoms with Gasteiger partial charge in [-0.3, -0.25) is 9.59 Å². The van der Waals surface area contributed by atoms with Crippen molar-refractivity contribution in [2.75, 3.05) is 6.26 Å². The van der Waals surface area contributed by atoms with Crippen LogP contribution in [0.4, 0.5) is 0 Å². The van der Waals surface area contributed by atoms with Crippen LogP contribution >= 0.6 is 0 Å². The zero-order valence-corrected chi connectivity index (χ0v) is 25.3. The van der Waals surface area contributed by atoms with E-state index in [4.69, 9.17) is 0 Å². The maximum absolute atomic E-state index is 14.4. The van der Waals surface area contributed by atoms with E-state index >= 15 is 0 Å². The first-order valence-electron chi connectivity index (χ1n) is 14.5. The molecule has 1 N–H and O–H groups in total. The van der Waals surface area contributed by atoms with E-state index in [-0.39, 0.29) is 63.2 Å². The molecule has 0 aromatic rings. The molecule has 0 aromatic carbocycles. The summed E-state index contributed by atoms with van der Waals surface area (Å²) < 4.78 is 27.6. The third-order valence-electron chi connectivity index (χ3n) is 12.7. The fourth-order valence-corrected chi connectivity index (χ4v) is 11.9. The first-order chi connectivity index (χ1) is 17.3. The lowest BCUT2D eigenvalue weighted by atomic mass is 9.32. The van der Waals surface area contributed by atoms with E-state index in [2.05, 4.69) is 45.4 Å². The Morgan fingerprint density at radius 3 is 2.16 bits per heavy atom. The standard InChI is InChI=1S/C31H46N2O4S/c1-27(2)15-20-19(21(16-27)33-38(8,36)37)9-11-31(7)25(20)22(34)13-24-29(5)14-18(17-32)26(35)28(3,4)23(29)10-12-30(24,31)6/h14,19-21,23-25,33H,9-13,15-16H2,1-8H3/t19-,20-,21+,23-,24+,25-,29-,30+,31+/m0/s1. The second kappa shape index (κ2) is 8.26. The molecule has 5 rings (SSSR count). The highest BCUT2D eigenvalue weighted by Gasteiger charge is 2.71. The summed E-state index contributed by atoms with van der Waals surface area (Å²) in [6.45, 7) is 15.4. The van der Waals surface area contributed by atoms with Gasteiger partial charge in [0.05, 0.1) is 11.8 Å².